The van der Waals surface area contributed by atoms with Gasteiger partial charge in [0.05, 0.1) is 49.5 Å². The van der Waals surface area contributed by atoms with Gasteiger partial charge in [-0.2, -0.15) is 0 Å². The zero-order chi connectivity index (χ0) is 23.6. The topological polar surface area (TPSA) is 93.8 Å². The Morgan fingerprint density at radius 2 is 1.58 bits per heavy atom. The molecule has 1 aromatic heterocycles. The first-order valence-corrected chi connectivity index (χ1v) is 11.3. The van der Waals surface area contributed by atoms with Crippen molar-refractivity contribution in [3.05, 3.63) is 72.3 Å². The van der Waals surface area contributed by atoms with E-state index >= 15 is 0 Å². The van der Waals surface area contributed by atoms with Crippen molar-refractivity contribution >= 4 is 26.7 Å². The maximum atomic E-state index is 13.7. The lowest BCUT2D eigenvalue weighted by Gasteiger charge is -2.25. The first kappa shape index (κ1) is 22.4. The predicted octanol–water partition coefficient (Wildman–Crippen LogP) is 4.12. The number of aromatic nitrogens is 2. The number of para-hydroxylation sites is 2. The highest BCUT2D eigenvalue weighted by Crippen LogP contribution is 2.42. The van der Waals surface area contributed by atoms with Crippen LogP contribution in [0.4, 0.5) is 10.1 Å². The van der Waals surface area contributed by atoms with Gasteiger partial charge in [0.2, 0.25) is 5.75 Å². The van der Waals surface area contributed by atoms with Gasteiger partial charge in [0, 0.05) is 12.1 Å². The van der Waals surface area contributed by atoms with Gasteiger partial charge < -0.3 is 19.2 Å². The average molecular weight is 472 g/mol. The van der Waals surface area contributed by atoms with Crippen LogP contribution < -0.4 is 18.5 Å². The van der Waals surface area contributed by atoms with E-state index in [0.717, 1.165) is 22.0 Å². The van der Waals surface area contributed by atoms with Crippen molar-refractivity contribution in [1.82, 2.24) is 9.97 Å². The number of imidazole rings is 1. The van der Waals surface area contributed by atoms with Gasteiger partial charge in [0.15, 0.2) is 11.5 Å². The largest absolute Gasteiger partial charge is 0.493 e. The summed E-state index contributed by atoms with van der Waals surface area (Å²) >= 11 is 0. The second-order valence-electron chi connectivity index (χ2n) is 7.05. The molecule has 0 bridgehead atoms. The standard InChI is InChI=1S/C23H22FN3O5S/c1-30-20-12-16(13-21(31-2)23(20)32-3)27(33(28,29)17-10-8-15(24)9-11-17)14-22-25-18-6-4-5-7-19(18)26-22/h4-13H,14H2,1-3H3,(H,25,26). The number of hydrogen-bond donors (Lipinski definition) is 1. The zero-order valence-corrected chi connectivity index (χ0v) is 19.0. The van der Waals surface area contributed by atoms with E-state index in [-0.39, 0.29) is 28.6 Å². The van der Waals surface area contributed by atoms with Crippen LogP contribution in [0.2, 0.25) is 0 Å². The lowest BCUT2D eigenvalue weighted by Crippen LogP contribution is -2.31. The summed E-state index contributed by atoms with van der Waals surface area (Å²) in [6.45, 7) is -0.118. The Bertz CT molecular complexity index is 1330. The normalized spacial score (nSPS) is 11.4. The Kier molecular flexibility index (Phi) is 6.10. The maximum absolute atomic E-state index is 13.7. The molecule has 4 rings (SSSR count). The fraction of sp³-hybridized carbons (Fsp3) is 0.174. The highest BCUT2D eigenvalue weighted by Gasteiger charge is 2.29. The Labute approximate surface area is 190 Å². The third-order valence-corrected chi connectivity index (χ3v) is 6.86. The molecule has 0 radical (unpaired) electrons. The van der Waals surface area contributed by atoms with Crippen molar-refractivity contribution < 1.29 is 27.0 Å². The van der Waals surface area contributed by atoms with Gasteiger partial charge in [-0.1, -0.05) is 12.1 Å². The molecule has 0 aliphatic heterocycles. The number of H-pyrrole nitrogens is 1. The smallest absolute Gasteiger partial charge is 0.264 e. The molecule has 0 unspecified atom stereocenters. The van der Waals surface area contributed by atoms with E-state index in [1.807, 2.05) is 24.3 Å². The molecule has 1 heterocycles. The van der Waals surface area contributed by atoms with Crippen LogP contribution in [0.1, 0.15) is 5.82 Å². The van der Waals surface area contributed by atoms with Gasteiger partial charge in [-0.3, -0.25) is 4.31 Å². The van der Waals surface area contributed by atoms with E-state index in [1.165, 1.54) is 45.6 Å². The molecule has 33 heavy (non-hydrogen) atoms. The molecule has 0 atom stereocenters. The van der Waals surface area contributed by atoms with Crippen molar-refractivity contribution in [1.29, 1.82) is 0 Å². The van der Waals surface area contributed by atoms with Gasteiger partial charge in [-0.05, 0) is 36.4 Å². The van der Waals surface area contributed by atoms with E-state index in [1.54, 1.807) is 0 Å². The van der Waals surface area contributed by atoms with Gasteiger partial charge >= 0.3 is 0 Å². The van der Waals surface area contributed by atoms with Crippen LogP contribution in [0, 0.1) is 5.82 Å². The Morgan fingerprint density at radius 1 is 0.939 bits per heavy atom. The number of halogens is 1. The lowest BCUT2D eigenvalue weighted by molar-refractivity contribution is 0.324. The Hall–Kier alpha value is -3.79. The number of methoxy groups -OCH3 is 3. The van der Waals surface area contributed by atoms with Crippen LogP contribution in [0.15, 0.2) is 65.6 Å². The fourth-order valence-electron chi connectivity index (χ4n) is 3.48. The number of sulfonamides is 1. The predicted molar refractivity (Wildman–Crippen MR) is 122 cm³/mol. The van der Waals surface area contributed by atoms with Crippen molar-refractivity contribution in [3.8, 4) is 17.2 Å². The molecule has 1 N–H and O–H groups in total. The fourth-order valence-corrected chi connectivity index (χ4v) is 4.89. The van der Waals surface area contributed by atoms with Crippen molar-refractivity contribution in [2.45, 2.75) is 11.4 Å². The van der Waals surface area contributed by atoms with E-state index in [4.69, 9.17) is 14.2 Å². The molecule has 0 aliphatic carbocycles. The number of nitrogens with zero attached hydrogens (tertiary/aromatic N) is 2. The SMILES string of the molecule is COc1cc(N(Cc2nc3ccccc3[nH]2)S(=O)(=O)c2ccc(F)cc2)cc(OC)c1OC. The minimum Gasteiger partial charge on any atom is -0.493 e. The number of aromatic amines is 1. The molecule has 0 saturated carbocycles. The molecule has 172 valence electrons. The number of fused-ring (bicyclic) bond motifs is 1. The summed E-state index contributed by atoms with van der Waals surface area (Å²) in [6.07, 6.45) is 0. The number of benzene rings is 3. The summed E-state index contributed by atoms with van der Waals surface area (Å²) in [5.74, 6) is 0.791. The van der Waals surface area contributed by atoms with Crippen LogP contribution in [-0.4, -0.2) is 39.7 Å². The van der Waals surface area contributed by atoms with Crippen molar-refractivity contribution in [2.75, 3.05) is 25.6 Å². The van der Waals surface area contributed by atoms with E-state index in [9.17, 15) is 12.8 Å². The van der Waals surface area contributed by atoms with Crippen molar-refractivity contribution in [3.63, 3.8) is 0 Å². The molecule has 4 aromatic rings. The van der Waals surface area contributed by atoms with Crippen LogP contribution in [0.25, 0.3) is 11.0 Å². The molecule has 0 saturated heterocycles. The quantitative estimate of drug-likeness (QED) is 0.415. The molecule has 0 spiro atoms. The number of anilines is 1. The monoisotopic (exact) mass is 471 g/mol. The average Bonchev–Trinajstić information content (AvgIpc) is 3.24. The van der Waals surface area contributed by atoms with Crippen LogP contribution in [0.3, 0.4) is 0 Å². The minimum atomic E-state index is -4.12. The molecule has 3 aromatic carbocycles. The maximum Gasteiger partial charge on any atom is 0.264 e. The van der Waals surface area contributed by atoms with Crippen LogP contribution >= 0.6 is 0 Å². The summed E-state index contributed by atoms with van der Waals surface area (Å²) in [6, 6.07) is 15.1. The summed E-state index contributed by atoms with van der Waals surface area (Å²) in [7, 11) is 0.226. The highest BCUT2D eigenvalue weighted by atomic mass is 32.2. The number of ether oxygens (including phenoxy) is 3. The minimum absolute atomic E-state index is 0.0752. The Balaban J connectivity index is 1.88. The number of rotatable bonds is 8. The van der Waals surface area contributed by atoms with Crippen LogP contribution in [-0.2, 0) is 16.6 Å². The van der Waals surface area contributed by atoms with E-state index < -0.39 is 15.8 Å². The molecule has 0 aliphatic rings. The van der Waals surface area contributed by atoms with E-state index in [2.05, 4.69) is 9.97 Å². The third-order valence-electron chi connectivity index (χ3n) is 5.07. The Morgan fingerprint density at radius 3 is 2.15 bits per heavy atom. The second-order valence-corrected chi connectivity index (χ2v) is 8.91. The molecule has 0 amide bonds. The van der Waals surface area contributed by atoms with Gasteiger partial charge in [0.1, 0.15) is 11.6 Å². The molecule has 0 fully saturated rings. The van der Waals surface area contributed by atoms with Crippen LogP contribution in [0.5, 0.6) is 17.2 Å². The van der Waals surface area contributed by atoms with E-state index in [0.29, 0.717) is 17.1 Å². The van der Waals surface area contributed by atoms with Gasteiger partial charge in [-0.25, -0.2) is 17.8 Å². The number of nitrogens with one attached hydrogen (secondary N) is 1. The summed E-state index contributed by atoms with van der Waals surface area (Å²) in [5.41, 5.74) is 1.74. The molecular formula is C23H22FN3O5S. The number of hydrogen-bond acceptors (Lipinski definition) is 6. The lowest BCUT2D eigenvalue weighted by atomic mass is 10.2. The summed E-state index contributed by atoms with van der Waals surface area (Å²) < 4.78 is 58.1. The molecular weight excluding hydrogens is 449 g/mol. The summed E-state index contributed by atoms with van der Waals surface area (Å²) in [4.78, 5) is 7.58. The first-order chi connectivity index (χ1) is 15.9. The molecule has 10 heteroatoms. The second kappa shape index (κ2) is 8.99. The highest BCUT2D eigenvalue weighted by molar-refractivity contribution is 7.92. The first-order valence-electron chi connectivity index (χ1n) is 9.89. The van der Waals surface area contributed by atoms with Gasteiger partial charge in [0.25, 0.3) is 10.0 Å². The third kappa shape index (κ3) is 4.29. The zero-order valence-electron chi connectivity index (χ0n) is 18.2. The summed E-state index contributed by atoms with van der Waals surface area (Å²) in [5, 5.41) is 0. The van der Waals surface area contributed by atoms with Crippen molar-refractivity contribution in [2.24, 2.45) is 0 Å². The molecule has 8 nitrogen and oxygen atoms in total. The van der Waals surface area contributed by atoms with Gasteiger partial charge in [-0.15, -0.1) is 0 Å².